The van der Waals surface area contributed by atoms with Crippen molar-refractivity contribution in [1.29, 1.82) is 0 Å². The highest BCUT2D eigenvalue weighted by Gasteiger charge is 2.37. The van der Waals surface area contributed by atoms with Crippen LogP contribution in [0.5, 0.6) is 46.0 Å². The Labute approximate surface area is 865 Å². The van der Waals surface area contributed by atoms with Crippen molar-refractivity contribution in [2.75, 3.05) is 52.9 Å². The maximum Gasteiger partial charge on any atom is 0.341 e. The Morgan fingerprint density at radius 2 is 0.243 bits per heavy atom. The third-order valence-corrected chi connectivity index (χ3v) is 28.8. The van der Waals surface area contributed by atoms with Crippen LogP contribution in [0, 0.1) is 0 Å². The van der Waals surface area contributed by atoms with Crippen molar-refractivity contribution < 1.29 is 117 Å². The van der Waals surface area contributed by atoms with Gasteiger partial charge >= 0.3 is 47.8 Å². The second-order valence-electron chi connectivity index (χ2n) is 41.2. The van der Waals surface area contributed by atoms with Crippen molar-refractivity contribution in [2.45, 2.75) is 514 Å². The van der Waals surface area contributed by atoms with Gasteiger partial charge in [0.05, 0.1) is 0 Å². The molecule has 5 rings (SSSR count). The van der Waals surface area contributed by atoms with Gasteiger partial charge in [-0.3, -0.25) is 0 Å². The van der Waals surface area contributed by atoms with Gasteiger partial charge < -0.3 is 78.7 Å². The van der Waals surface area contributed by atoms with Crippen LogP contribution >= 0.6 is 0 Å². The van der Waals surface area contributed by atoms with E-state index in [9.17, 15) is 79.2 Å². The third-order valence-electron chi connectivity index (χ3n) is 28.8. The largest absolute Gasteiger partial charge is 0.481 e. The molecule has 0 heterocycles. The van der Waals surface area contributed by atoms with Gasteiger partial charge in [0.1, 0.15) is 46.0 Å². The van der Waals surface area contributed by atoms with Crippen molar-refractivity contribution in [3.63, 3.8) is 0 Å². The molecule has 0 amide bonds. The summed E-state index contributed by atoms with van der Waals surface area (Å²) in [6.07, 6.45) is 75.4. The molecule has 4 aromatic rings. The SMILES string of the molecule is CCCCCCCCCCCCCCCCCCCC1c2cc(c(OCC(=O)O)cc2OCC(=O)O)C(CCCCCCCCCCCCCCCCCCC)c2cc(c(OCC(=O)O)cc2OCC(=O)O)C(CCCCCCCCCCCCCCCCCCC)c2cc(c(OCC(=O)O)cc2OCC(=O)O)C(CCCCCCCCCCCCCCCCCCC)c2cc1c(OCC(=O)O)cc2OCC(=O)O. The quantitative estimate of drug-likeness (QED) is 0.0190. The molecule has 0 unspecified atom stereocenters. The Morgan fingerprint density at radius 1 is 0.153 bits per heavy atom. The summed E-state index contributed by atoms with van der Waals surface area (Å²) in [5.41, 5.74) is 2.55. The minimum absolute atomic E-state index is 0.0614. The lowest BCUT2D eigenvalue weighted by Crippen LogP contribution is -2.20. The molecule has 0 fully saturated rings. The number of hydrogen-bond acceptors (Lipinski definition) is 16. The predicted molar refractivity (Wildman–Crippen MR) is 573 cm³/mol. The van der Waals surface area contributed by atoms with E-state index in [0.29, 0.717) is 95.9 Å². The summed E-state index contributed by atoms with van der Waals surface area (Å²) in [4.78, 5) is 106. The second kappa shape index (κ2) is 81.1. The zero-order valence-electron chi connectivity index (χ0n) is 89.6. The van der Waals surface area contributed by atoms with Gasteiger partial charge in [0.15, 0.2) is 52.9 Å². The number of rotatable bonds is 96. The Morgan fingerprint density at radius 3 is 0.333 bits per heavy atom. The number of carboxylic acids is 8. The van der Waals surface area contributed by atoms with Crippen LogP contribution in [0.25, 0.3) is 0 Å². The fourth-order valence-electron chi connectivity index (χ4n) is 20.9. The molecule has 1 aliphatic rings. The van der Waals surface area contributed by atoms with Crippen molar-refractivity contribution >= 4 is 47.8 Å². The van der Waals surface area contributed by atoms with E-state index in [1.165, 1.54) is 255 Å². The maximum absolute atomic E-state index is 13.2. The van der Waals surface area contributed by atoms with E-state index in [1.54, 1.807) is 24.3 Å². The van der Waals surface area contributed by atoms with Gasteiger partial charge in [-0.1, -0.05) is 464 Å². The molecule has 0 aromatic heterocycles. The number of unbranched alkanes of at least 4 members (excludes halogenated alkanes) is 64. The molecule has 4 aromatic carbocycles. The zero-order valence-corrected chi connectivity index (χ0v) is 89.6. The van der Waals surface area contributed by atoms with Crippen LogP contribution in [-0.4, -0.2) is 141 Å². The lowest BCUT2D eigenvalue weighted by molar-refractivity contribution is -0.140. The monoisotopic (exact) mass is 2020 g/mol. The van der Waals surface area contributed by atoms with E-state index < -0.39 is 124 Å². The molecule has 0 aliphatic heterocycles. The Balaban J connectivity index is 1.93. The highest BCUT2D eigenvalue weighted by molar-refractivity contribution is 5.74. The average Bonchev–Trinajstić information content (AvgIpc) is 0.743. The number of carbonyl (C=O) groups is 8. The normalized spacial score (nSPS) is 13.9. The Hall–Kier alpha value is -8.96. The molecule has 144 heavy (non-hydrogen) atoms. The number of hydrogen-bond donors (Lipinski definition) is 8. The van der Waals surface area contributed by atoms with Crippen molar-refractivity contribution in [1.82, 2.24) is 0 Å². The van der Waals surface area contributed by atoms with E-state index in [-0.39, 0.29) is 71.7 Å². The highest BCUT2D eigenvalue weighted by Crippen LogP contribution is 2.55. The van der Waals surface area contributed by atoms with Crippen LogP contribution in [0.3, 0.4) is 0 Å². The summed E-state index contributed by atoms with van der Waals surface area (Å²) in [5.74, 6) is -15.4. The van der Waals surface area contributed by atoms with E-state index >= 15 is 0 Å². The molecule has 1 aliphatic carbocycles. The van der Waals surface area contributed by atoms with Crippen LogP contribution in [0.2, 0.25) is 0 Å². The van der Waals surface area contributed by atoms with Gasteiger partial charge in [0.2, 0.25) is 0 Å². The highest BCUT2D eigenvalue weighted by atomic mass is 16.5. The van der Waals surface area contributed by atoms with Crippen molar-refractivity contribution in [3.8, 4) is 46.0 Å². The average molecular weight is 2020 g/mol. The molecular formula is C120H192O24. The summed E-state index contributed by atoms with van der Waals surface area (Å²) >= 11 is 0. The van der Waals surface area contributed by atoms with Crippen LogP contribution < -0.4 is 37.9 Å². The summed E-state index contributed by atoms with van der Waals surface area (Å²) in [5, 5.41) is 86.1. The first-order valence-corrected chi connectivity index (χ1v) is 57.6. The minimum Gasteiger partial charge on any atom is -0.481 e. The van der Waals surface area contributed by atoms with Crippen LogP contribution in [0.15, 0.2) is 48.5 Å². The molecule has 24 heteroatoms. The Bertz CT molecular complexity index is 3450. The first kappa shape index (κ1) is 126. The molecule has 8 N–H and O–H groups in total. The molecule has 0 atom stereocenters. The predicted octanol–water partition coefficient (Wildman–Crippen LogP) is 32.4. The third kappa shape index (κ3) is 56.3. The number of fused-ring (bicyclic) bond motifs is 8. The summed E-state index contributed by atoms with van der Waals surface area (Å²) in [7, 11) is 0. The first-order chi connectivity index (χ1) is 70.1. The summed E-state index contributed by atoms with van der Waals surface area (Å²) in [6, 6.07) is 13.1. The summed E-state index contributed by atoms with van der Waals surface area (Å²) in [6.45, 7) is 1.61. The number of aliphatic carboxylic acids is 8. The van der Waals surface area contributed by atoms with Gasteiger partial charge in [0.25, 0.3) is 0 Å². The molecule has 816 valence electrons. The van der Waals surface area contributed by atoms with Gasteiger partial charge in [0, 0.05) is 92.4 Å². The fraction of sp³-hybridized carbons (Fsp3) is 0.733. The van der Waals surface area contributed by atoms with Gasteiger partial charge in [-0.05, 0) is 49.9 Å². The van der Waals surface area contributed by atoms with E-state index in [4.69, 9.17) is 37.9 Å². The van der Waals surface area contributed by atoms with Crippen LogP contribution in [0.1, 0.15) is 558 Å². The van der Waals surface area contributed by atoms with Gasteiger partial charge in [-0.2, -0.15) is 0 Å². The summed E-state index contributed by atoms with van der Waals surface area (Å²) < 4.78 is 52.2. The maximum atomic E-state index is 13.2. The van der Waals surface area contributed by atoms with Crippen LogP contribution in [0.4, 0.5) is 0 Å². The molecule has 24 nitrogen and oxygen atoms in total. The molecular weight excluding hydrogens is 1830 g/mol. The molecule has 0 saturated carbocycles. The fourth-order valence-corrected chi connectivity index (χ4v) is 20.9. The second-order valence-corrected chi connectivity index (χ2v) is 41.2. The molecule has 0 saturated heterocycles. The molecule has 0 radical (unpaired) electrons. The number of ether oxygens (including phenoxy) is 8. The van der Waals surface area contributed by atoms with E-state index in [0.717, 1.165) is 154 Å². The molecule has 0 spiro atoms. The minimum atomic E-state index is -1.37. The van der Waals surface area contributed by atoms with Gasteiger partial charge in [-0.15, -0.1) is 0 Å². The van der Waals surface area contributed by atoms with Crippen molar-refractivity contribution in [2.24, 2.45) is 0 Å². The Kier molecular flexibility index (Phi) is 70.7. The van der Waals surface area contributed by atoms with E-state index in [1.807, 2.05) is 0 Å². The number of carboxylic acid groups (broad SMARTS) is 8. The van der Waals surface area contributed by atoms with E-state index in [2.05, 4.69) is 27.7 Å². The lowest BCUT2D eigenvalue weighted by atomic mass is 9.76. The zero-order chi connectivity index (χ0) is 104. The van der Waals surface area contributed by atoms with Crippen molar-refractivity contribution in [3.05, 3.63) is 93.0 Å². The lowest BCUT2D eigenvalue weighted by Gasteiger charge is -2.32. The number of benzene rings is 4. The standard InChI is InChI=1S/C120H192O24/c1-5-9-13-17-21-25-29-33-37-41-45-49-53-57-61-65-69-73-93-97-77-99(107(139-87-115(125)126)81-105(97)137-85-113(121)122)94(74-70-66-62-58-54-50-46-42-38-34-30-26-22-18-14-10-6-2)101-79-103(111(143-91-119(133)134)83-109(101)141-89-117(129)130)96(76-72-68-64-60-56-52-48-44-40-36-32-28-24-20-16-12-8-4)104-80-102(110(142-90-118(131)132)84-112(104)144-92-120(135)136)95(100-78-98(93)106(138-86-114(123)124)82-108(100)140-88-116(127)128)75-71-67-63-59-55-51-47-43-39-35-31-27-23-19-15-11-7-3/h77-84,93-96H,5-76,85-92H2,1-4H3,(H,121,122)(H,123,124)(H,125,126)(H,127,128)(H,129,130)(H,131,132)(H,133,134)(H,135,136). The first-order valence-electron chi connectivity index (χ1n) is 57.6. The van der Waals surface area contributed by atoms with Gasteiger partial charge in [-0.25, -0.2) is 38.4 Å². The smallest absolute Gasteiger partial charge is 0.341 e. The van der Waals surface area contributed by atoms with Crippen LogP contribution in [-0.2, 0) is 38.4 Å². The topological polar surface area (TPSA) is 372 Å². The molecule has 8 bridgehead atoms.